The summed E-state index contributed by atoms with van der Waals surface area (Å²) in [5, 5.41) is 0. The van der Waals surface area contributed by atoms with Crippen molar-refractivity contribution in [3.8, 4) is 11.5 Å². The lowest BCUT2D eigenvalue weighted by Crippen LogP contribution is -3.09. The van der Waals surface area contributed by atoms with Gasteiger partial charge in [0.1, 0.15) is 17.5 Å². The van der Waals surface area contributed by atoms with Crippen LogP contribution in [-0.2, 0) is 6.67 Å². The molecule has 2 atom stereocenters. The van der Waals surface area contributed by atoms with Crippen LogP contribution >= 0.6 is 0 Å². The molecule has 3 aromatic rings. The zero-order chi connectivity index (χ0) is 18.1. The van der Waals surface area contributed by atoms with E-state index in [9.17, 15) is 4.79 Å². The zero-order valence-corrected chi connectivity index (χ0v) is 15.0. The largest absolute Gasteiger partial charge is 0.497 e. The SMILES string of the molecule is COc1ccc([C@H]2CCC[NH+]2Cn2c(=O)oc3ccccc32)c(OC)c1. The zero-order valence-electron chi connectivity index (χ0n) is 15.0. The number of methoxy groups -OCH3 is 2. The fourth-order valence-electron chi connectivity index (χ4n) is 3.95. The van der Waals surface area contributed by atoms with Gasteiger partial charge < -0.3 is 18.8 Å². The Labute approximate surface area is 151 Å². The third-order valence-electron chi connectivity index (χ3n) is 5.23. The maximum atomic E-state index is 12.3. The number of ether oxygens (including phenoxy) is 2. The summed E-state index contributed by atoms with van der Waals surface area (Å²) in [4.78, 5) is 13.7. The van der Waals surface area contributed by atoms with Crippen molar-refractivity contribution < 1.29 is 18.8 Å². The van der Waals surface area contributed by atoms with E-state index in [0.29, 0.717) is 12.3 Å². The molecular formula is C20H23N2O4+. The first-order chi connectivity index (χ1) is 12.7. The van der Waals surface area contributed by atoms with Gasteiger partial charge in [-0.05, 0) is 24.3 Å². The van der Waals surface area contributed by atoms with Crippen LogP contribution in [0.1, 0.15) is 24.4 Å². The Hall–Kier alpha value is -2.73. The maximum Gasteiger partial charge on any atom is 0.424 e. The van der Waals surface area contributed by atoms with Crippen molar-refractivity contribution in [1.82, 2.24) is 4.57 Å². The van der Waals surface area contributed by atoms with Crippen molar-refractivity contribution in [2.45, 2.75) is 25.6 Å². The van der Waals surface area contributed by atoms with Crippen LogP contribution in [0.5, 0.6) is 11.5 Å². The number of hydrogen-bond donors (Lipinski definition) is 1. The molecular weight excluding hydrogens is 332 g/mol. The van der Waals surface area contributed by atoms with Crippen molar-refractivity contribution in [2.24, 2.45) is 0 Å². The normalized spacial score (nSPS) is 19.8. The number of nitrogens with one attached hydrogen (secondary N) is 1. The fraction of sp³-hybridized carbons (Fsp3) is 0.350. The summed E-state index contributed by atoms with van der Waals surface area (Å²) in [5.74, 6) is 1.31. The van der Waals surface area contributed by atoms with Crippen LogP contribution in [0.15, 0.2) is 51.7 Å². The monoisotopic (exact) mass is 355 g/mol. The number of hydrogen-bond acceptors (Lipinski definition) is 4. The van der Waals surface area contributed by atoms with E-state index >= 15 is 0 Å². The molecule has 1 aliphatic rings. The van der Waals surface area contributed by atoms with Gasteiger partial charge in [0.2, 0.25) is 0 Å². The number of likely N-dealkylation sites (tertiary alicyclic amines) is 1. The molecule has 6 heteroatoms. The summed E-state index contributed by atoms with van der Waals surface area (Å²) in [6.45, 7) is 1.58. The van der Waals surface area contributed by atoms with Crippen molar-refractivity contribution in [2.75, 3.05) is 20.8 Å². The molecule has 0 aliphatic carbocycles. The summed E-state index contributed by atoms with van der Waals surface area (Å²) < 4.78 is 18.0. The summed E-state index contributed by atoms with van der Waals surface area (Å²) in [6, 6.07) is 13.8. The van der Waals surface area contributed by atoms with E-state index in [1.54, 1.807) is 18.8 Å². The van der Waals surface area contributed by atoms with Gasteiger partial charge in [-0.15, -0.1) is 0 Å². The predicted molar refractivity (Wildman–Crippen MR) is 97.8 cm³/mol. The Morgan fingerprint density at radius 1 is 1.19 bits per heavy atom. The number of fused-ring (bicyclic) bond motifs is 1. The average molecular weight is 355 g/mol. The molecule has 2 aromatic carbocycles. The molecule has 0 amide bonds. The van der Waals surface area contributed by atoms with Crippen molar-refractivity contribution in [3.63, 3.8) is 0 Å². The molecule has 6 nitrogen and oxygen atoms in total. The molecule has 1 fully saturated rings. The Bertz CT molecular complexity index is 975. The van der Waals surface area contributed by atoms with E-state index < -0.39 is 0 Å². The number of rotatable bonds is 5. The maximum absolute atomic E-state index is 12.3. The molecule has 1 saturated heterocycles. The second-order valence-corrected chi connectivity index (χ2v) is 6.63. The fourth-order valence-corrected chi connectivity index (χ4v) is 3.95. The first kappa shape index (κ1) is 16.7. The number of benzene rings is 2. The molecule has 0 spiro atoms. The molecule has 0 radical (unpaired) electrons. The number of oxazole rings is 1. The highest BCUT2D eigenvalue weighted by Crippen LogP contribution is 2.31. The minimum absolute atomic E-state index is 0.274. The van der Waals surface area contributed by atoms with E-state index in [1.807, 2.05) is 36.4 Å². The molecule has 1 N–H and O–H groups in total. The van der Waals surface area contributed by atoms with Crippen LogP contribution in [0.2, 0.25) is 0 Å². The average Bonchev–Trinajstić information content (AvgIpc) is 3.26. The number of quaternary nitrogens is 1. The van der Waals surface area contributed by atoms with Crippen LogP contribution in [0.3, 0.4) is 0 Å². The Morgan fingerprint density at radius 3 is 2.85 bits per heavy atom. The Kier molecular flexibility index (Phi) is 4.42. The molecule has 1 aromatic heterocycles. The molecule has 0 bridgehead atoms. The smallest absolute Gasteiger partial charge is 0.424 e. The van der Waals surface area contributed by atoms with E-state index in [1.165, 1.54) is 4.90 Å². The van der Waals surface area contributed by atoms with Gasteiger partial charge in [-0.3, -0.25) is 0 Å². The number of aromatic nitrogens is 1. The Morgan fingerprint density at radius 2 is 2.04 bits per heavy atom. The van der Waals surface area contributed by atoms with Gasteiger partial charge in [0.25, 0.3) is 0 Å². The first-order valence-electron chi connectivity index (χ1n) is 8.86. The van der Waals surface area contributed by atoms with Crippen molar-refractivity contribution >= 4 is 11.1 Å². The lowest BCUT2D eigenvalue weighted by atomic mass is 10.0. The van der Waals surface area contributed by atoms with Crippen molar-refractivity contribution in [3.05, 3.63) is 58.6 Å². The second kappa shape index (κ2) is 6.88. The second-order valence-electron chi connectivity index (χ2n) is 6.63. The third-order valence-corrected chi connectivity index (χ3v) is 5.23. The van der Waals surface area contributed by atoms with Crippen LogP contribution in [-0.4, -0.2) is 25.3 Å². The van der Waals surface area contributed by atoms with Gasteiger partial charge in [0.15, 0.2) is 12.3 Å². The lowest BCUT2D eigenvalue weighted by Gasteiger charge is -2.23. The topological polar surface area (TPSA) is 58.0 Å². The summed E-state index contributed by atoms with van der Waals surface area (Å²) in [7, 11) is 3.33. The van der Waals surface area contributed by atoms with Gasteiger partial charge >= 0.3 is 5.76 Å². The minimum atomic E-state index is -0.300. The molecule has 26 heavy (non-hydrogen) atoms. The molecule has 136 valence electrons. The quantitative estimate of drug-likeness (QED) is 0.760. The lowest BCUT2D eigenvalue weighted by molar-refractivity contribution is -0.940. The summed E-state index contributed by atoms with van der Waals surface area (Å²) in [5.41, 5.74) is 2.63. The van der Waals surface area contributed by atoms with Crippen LogP contribution in [0.4, 0.5) is 0 Å². The van der Waals surface area contributed by atoms with E-state index in [-0.39, 0.29) is 11.8 Å². The van der Waals surface area contributed by atoms with Crippen LogP contribution < -0.4 is 20.1 Å². The van der Waals surface area contributed by atoms with Crippen LogP contribution in [0, 0.1) is 0 Å². The van der Waals surface area contributed by atoms with Gasteiger partial charge in [0.05, 0.1) is 31.8 Å². The minimum Gasteiger partial charge on any atom is -0.497 e. The highest BCUT2D eigenvalue weighted by atomic mass is 16.5. The highest BCUT2D eigenvalue weighted by molar-refractivity contribution is 5.72. The van der Waals surface area contributed by atoms with E-state index in [4.69, 9.17) is 13.9 Å². The van der Waals surface area contributed by atoms with Crippen LogP contribution in [0.25, 0.3) is 11.1 Å². The van der Waals surface area contributed by atoms with Gasteiger partial charge in [-0.1, -0.05) is 12.1 Å². The van der Waals surface area contributed by atoms with Gasteiger partial charge in [-0.2, -0.15) is 0 Å². The Balaban J connectivity index is 1.67. The molecule has 1 unspecified atom stereocenters. The molecule has 2 heterocycles. The number of para-hydroxylation sites is 2. The van der Waals surface area contributed by atoms with Crippen molar-refractivity contribution in [1.29, 1.82) is 0 Å². The predicted octanol–water partition coefficient (Wildman–Crippen LogP) is 1.99. The molecule has 1 aliphatic heterocycles. The van der Waals surface area contributed by atoms with Gasteiger partial charge in [-0.25, -0.2) is 9.36 Å². The molecule has 4 rings (SSSR count). The van der Waals surface area contributed by atoms with E-state index in [2.05, 4.69) is 6.07 Å². The standard InChI is InChI=1S/C20H22N2O4/c1-24-14-9-10-15(19(12-14)25-2)16-7-5-11-21(16)13-22-17-6-3-4-8-18(17)26-20(22)23/h3-4,6,8-10,12,16H,5,7,11,13H2,1-2H3/p+1/t16-/m1/s1. The first-order valence-corrected chi connectivity index (χ1v) is 8.86. The molecule has 0 saturated carbocycles. The van der Waals surface area contributed by atoms with Gasteiger partial charge in [0, 0.05) is 18.9 Å². The third kappa shape index (κ3) is 2.86. The summed E-state index contributed by atoms with van der Waals surface area (Å²) in [6.07, 6.45) is 2.17. The summed E-state index contributed by atoms with van der Waals surface area (Å²) >= 11 is 0. The highest BCUT2D eigenvalue weighted by Gasteiger charge is 2.33. The number of nitrogens with zero attached hydrogens (tertiary/aromatic N) is 1. The van der Waals surface area contributed by atoms with E-state index in [0.717, 1.165) is 42.0 Å².